The van der Waals surface area contributed by atoms with Gasteiger partial charge in [-0.2, -0.15) is 0 Å². The monoisotopic (exact) mass is 389 g/mol. The molecule has 0 bridgehead atoms. The van der Waals surface area contributed by atoms with Crippen LogP contribution in [0.2, 0.25) is 5.02 Å². The van der Waals surface area contributed by atoms with Crippen LogP contribution in [0.3, 0.4) is 0 Å². The smallest absolute Gasteiger partial charge is 0.254 e. The molecule has 9 heteroatoms. The second kappa shape index (κ2) is 7.71. The zero-order valence-electron chi connectivity index (χ0n) is 14.7. The van der Waals surface area contributed by atoms with E-state index in [0.29, 0.717) is 17.6 Å². The van der Waals surface area contributed by atoms with Gasteiger partial charge in [-0.1, -0.05) is 16.8 Å². The summed E-state index contributed by atoms with van der Waals surface area (Å²) in [5, 5.41) is 10.7. The van der Waals surface area contributed by atoms with E-state index < -0.39 is 11.7 Å². The molecule has 1 N–H and O–H groups in total. The van der Waals surface area contributed by atoms with Gasteiger partial charge >= 0.3 is 0 Å². The molecule has 1 heterocycles. The number of amides is 2. The SMILES string of the molecule is CCn1nnc2cc(C(=O)N(C)CC(=O)Nc3ccc(F)cc3Cl)ccc21. The Morgan fingerprint density at radius 3 is 2.74 bits per heavy atom. The Morgan fingerprint density at radius 2 is 2.04 bits per heavy atom. The Morgan fingerprint density at radius 1 is 1.26 bits per heavy atom. The number of aryl methyl sites for hydroxylation is 1. The molecule has 0 saturated heterocycles. The van der Waals surface area contributed by atoms with E-state index in [1.807, 2.05) is 6.92 Å². The summed E-state index contributed by atoms with van der Waals surface area (Å²) in [6.07, 6.45) is 0. The Hall–Kier alpha value is -3.00. The molecule has 0 spiro atoms. The van der Waals surface area contributed by atoms with Crippen molar-refractivity contribution in [2.75, 3.05) is 18.9 Å². The van der Waals surface area contributed by atoms with Gasteiger partial charge in [0.05, 0.1) is 22.8 Å². The molecular formula is C18H17ClFN5O2. The van der Waals surface area contributed by atoms with E-state index in [9.17, 15) is 14.0 Å². The summed E-state index contributed by atoms with van der Waals surface area (Å²) in [5.74, 6) is -1.28. The summed E-state index contributed by atoms with van der Waals surface area (Å²) in [4.78, 5) is 26.0. The highest BCUT2D eigenvalue weighted by Crippen LogP contribution is 2.22. The maximum atomic E-state index is 13.1. The van der Waals surface area contributed by atoms with Gasteiger partial charge in [0.25, 0.3) is 5.91 Å². The number of nitrogens with one attached hydrogen (secondary N) is 1. The van der Waals surface area contributed by atoms with E-state index in [0.717, 1.165) is 11.6 Å². The zero-order chi connectivity index (χ0) is 19.6. The number of benzene rings is 2. The molecule has 0 aliphatic carbocycles. The van der Waals surface area contributed by atoms with Gasteiger partial charge in [-0.15, -0.1) is 5.10 Å². The molecule has 7 nitrogen and oxygen atoms in total. The van der Waals surface area contributed by atoms with Crippen molar-refractivity contribution in [3.8, 4) is 0 Å². The van der Waals surface area contributed by atoms with Crippen molar-refractivity contribution in [1.29, 1.82) is 0 Å². The van der Waals surface area contributed by atoms with Crippen LogP contribution in [0.4, 0.5) is 10.1 Å². The molecule has 0 fully saturated rings. The average molecular weight is 390 g/mol. The summed E-state index contributed by atoms with van der Waals surface area (Å²) >= 11 is 5.89. The fourth-order valence-corrected chi connectivity index (χ4v) is 2.84. The van der Waals surface area contributed by atoms with Crippen molar-refractivity contribution < 1.29 is 14.0 Å². The first kappa shape index (κ1) is 18.8. The lowest BCUT2D eigenvalue weighted by molar-refractivity contribution is -0.116. The first-order valence-electron chi connectivity index (χ1n) is 8.22. The van der Waals surface area contributed by atoms with Gasteiger partial charge in [0.1, 0.15) is 11.3 Å². The van der Waals surface area contributed by atoms with Gasteiger partial charge in [0, 0.05) is 19.2 Å². The highest BCUT2D eigenvalue weighted by molar-refractivity contribution is 6.33. The zero-order valence-corrected chi connectivity index (χ0v) is 15.5. The van der Waals surface area contributed by atoms with E-state index in [2.05, 4.69) is 15.6 Å². The summed E-state index contributed by atoms with van der Waals surface area (Å²) in [6.45, 7) is 2.44. The van der Waals surface area contributed by atoms with Crippen LogP contribution in [0.1, 0.15) is 17.3 Å². The van der Waals surface area contributed by atoms with E-state index in [1.54, 1.807) is 22.9 Å². The van der Waals surface area contributed by atoms with Crippen LogP contribution in [0.5, 0.6) is 0 Å². The van der Waals surface area contributed by atoms with Crippen LogP contribution < -0.4 is 5.32 Å². The molecule has 0 aliphatic heterocycles. The Bertz CT molecular complexity index is 1020. The maximum absolute atomic E-state index is 13.1. The predicted octanol–water partition coefficient (Wildman–Crippen LogP) is 2.95. The minimum atomic E-state index is -0.499. The van der Waals surface area contributed by atoms with Crippen molar-refractivity contribution in [1.82, 2.24) is 19.9 Å². The number of rotatable bonds is 5. The number of hydrogen-bond acceptors (Lipinski definition) is 4. The average Bonchev–Trinajstić information content (AvgIpc) is 3.05. The quantitative estimate of drug-likeness (QED) is 0.727. The maximum Gasteiger partial charge on any atom is 0.254 e. The number of hydrogen-bond donors (Lipinski definition) is 1. The summed E-state index contributed by atoms with van der Waals surface area (Å²) in [7, 11) is 1.52. The molecular weight excluding hydrogens is 373 g/mol. The third-order valence-corrected chi connectivity index (χ3v) is 4.31. The van der Waals surface area contributed by atoms with Crippen LogP contribution in [-0.4, -0.2) is 45.3 Å². The van der Waals surface area contributed by atoms with Crippen molar-refractivity contribution in [3.63, 3.8) is 0 Å². The third kappa shape index (κ3) is 4.06. The number of aromatic nitrogens is 3. The second-order valence-corrected chi connectivity index (χ2v) is 6.35. The van der Waals surface area contributed by atoms with Crippen LogP contribution in [0.25, 0.3) is 11.0 Å². The van der Waals surface area contributed by atoms with Gasteiger partial charge in [0.15, 0.2) is 0 Å². The minimum Gasteiger partial charge on any atom is -0.332 e. The minimum absolute atomic E-state index is 0.0850. The topological polar surface area (TPSA) is 80.1 Å². The number of carbonyl (C=O) groups is 2. The summed E-state index contributed by atoms with van der Waals surface area (Å²) in [6, 6.07) is 8.74. The van der Waals surface area contributed by atoms with Crippen LogP contribution in [0.15, 0.2) is 36.4 Å². The number of likely N-dealkylation sites (N-methyl/N-ethyl adjacent to an activating group) is 1. The molecule has 27 heavy (non-hydrogen) atoms. The van der Waals surface area contributed by atoms with Crippen molar-refractivity contribution in [3.05, 3.63) is 52.8 Å². The van der Waals surface area contributed by atoms with Gasteiger partial charge in [-0.3, -0.25) is 9.59 Å². The summed E-state index contributed by atoms with van der Waals surface area (Å²) in [5.41, 5.74) is 2.13. The van der Waals surface area contributed by atoms with Crippen molar-refractivity contribution in [2.24, 2.45) is 0 Å². The highest BCUT2D eigenvalue weighted by Gasteiger charge is 2.17. The molecule has 140 valence electrons. The molecule has 3 rings (SSSR count). The molecule has 0 unspecified atom stereocenters. The molecule has 0 radical (unpaired) electrons. The lowest BCUT2D eigenvalue weighted by atomic mass is 10.1. The Balaban J connectivity index is 1.68. The van der Waals surface area contributed by atoms with E-state index in [4.69, 9.17) is 11.6 Å². The van der Waals surface area contributed by atoms with E-state index in [-0.39, 0.29) is 23.2 Å². The number of carbonyl (C=O) groups excluding carboxylic acids is 2. The van der Waals surface area contributed by atoms with E-state index >= 15 is 0 Å². The molecule has 1 aromatic heterocycles. The first-order chi connectivity index (χ1) is 12.9. The highest BCUT2D eigenvalue weighted by atomic mass is 35.5. The van der Waals surface area contributed by atoms with Gasteiger partial charge in [-0.05, 0) is 43.3 Å². The lowest BCUT2D eigenvalue weighted by Crippen LogP contribution is -2.35. The number of anilines is 1. The predicted molar refractivity (Wildman–Crippen MR) is 100 cm³/mol. The van der Waals surface area contributed by atoms with Gasteiger partial charge < -0.3 is 10.2 Å². The Kier molecular flexibility index (Phi) is 5.36. The molecule has 0 aliphatic rings. The molecule has 0 atom stereocenters. The van der Waals surface area contributed by atoms with Crippen LogP contribution in [-0.2, 0) is 11.3 Å². The van der Waals surface area contributed by atoms with Gasteiger partial charge in [-0.25, -0.2) is 9.07 Å². The normalized spacial score (nSPS) is 10.8. The van der Waals surface area contributed by atoms with Gasteiger partial charge in [0.2, 0.25) is 5.91 Å². The number of halogens is 2. The molecule has 3 aromatic rings. The van der Waals surface area contributed by atoms with Crippen molar-refractivity contribution >= 4 is 40.1 Å². The fraction of sp³-hybridized carbons (Fsp3) is 0.222. The standard InChI is InChI=1S/C18H17ClFN5O2/c1-3-25-16-7-4-11(8-15(16)22-23-25)18(27)24(2)10-17(26)21-14-6-5-12(20)9-13(14)19/h4-9H,3,10H2,1-2H3,(H,21,26). The van der Waals surface area contributed by atoms with Crippen LogP contribution >= 0.6 is 11.6 Å². The van der Waals surface area contributed by atoms with E-state index in [1.165, 1.54) is 24.1 Å². The lowest BCUT2D eigenvalue weighted by Gasteiger charge is -2.17. The number of nitrogens with zero attached hydrogens (tertiary/aromatic N) is 4. The van der Waals surface area contributed by atoms with Crippen molar-refractivity contribution in [2.45, 2.75) is 13.5 Å². The number of fused-ring (bicyclic) bond motifs is 1. The molecule has 2 aromatic carbocycles. The largest absolute Gasteiger partial charge is 0.332 e. The van der Waals surface area contributed by atoms with Crippen LogP contribution in [0, 0.1) is 5.82 Å². The molecule has 0 saturated carbocycles. The summed E-state index contributed by atoms with van der Waals surface area (Å²) < 4.78 is 14.8. The Labute approximate surface area is 159 Å². The third-order valence-electron chi connectivity index (χ3n) is 3.99. The first-order valence-corrected chi connectivity index (χ1v) is 8.60. The molecule has 2 amide bonds. The second-order valence-electron chi connectivity index (χ2n) is 5.94. The fourth-order valence-electron chi connectivity index (χ4n) is 2.63.